The lowest BCUT2D eigenvalue weighted by Gasteiger charge is -2.26. The number of carbonyl (C=O) groups is 3. The molecule has 0 aliphatic heterocycles. The van der Waals surface area contributed by atoms with E-state index in [4.69, 9.17) is 18.9 Å². The van der Waals surface area contributed by atoms with Gasteiger partial charge in [-0.15, -0.1) is 0 Å². The van der Waals surface area contributed by atoms with Crippen molar-refractivity contribution in [3.05, 3.63) is 109 Å². The lowest BCUT2D eigenvalue weighted by molar-refractivity contribution is -0.870. The number of aliphatic carboxylic acids is 1. The largest absolute Gasteiger partial charge is 0.545 e. The molecule has 0 fully saturated rings. The summed E-state index contributed by atoms with van der Waals surface area (Å²) in [4.78, 5) is 37.1. The summed E-state index contributed by atoms with van der Waals surface area (Å²) in [5, 5.41) is 11.7. The van der Waals surface area contributed by atoms with Crippen LogP contribution in [0.1, 0.15) is 194 Å². The maximum Gasteiger partial charge on any atom is 0.306 e. The van der Waals surface area contributed by atoms with Gasteiger partial charge in [0.15, 0.2) is 12.4 Å². The van der Waals surface area contributed by atoms with Crippen LogP contribution in [0.5, 0.6) is 0 Å². The van der Waals surface area contributed by atoms with Crippen molar-refractivity contribution in [1.29, 1.82) is 0 Å². The lowest BCUT2D eigenvalue weighted by Crippen LogP contribution is -2.44. The molecule has 0 bridgehead atoms. The number of esters is 2. The number of quaternary nitrogens is 1. The summed E-state index contributed by atoms with van der Waals surface area (Å²) in [5.41, 5.74) is 0. The number of hydrogen-bond donors (Lipinski definition) is 0. The number of unbranched alkanes of at least 4 members (excludes halogenated alkanes) is 15. The molecule has 0 aliphatic rings. The Morgan fingerprint density at radius 3 is 1.23 bits per heavy atom. The van der Waals surface area contributed by atoms with E-state index >= 15 is 0 Å². The molecule has 0 aromatic rings. The van der Waals surface area contributed by atoms with Crippen LogP contribution >= 0.6 is 0 Å². The van der Waals surface area contributed by atoms with E-state index in [-0.39, 0.29) is 38.6 Å². The van der Waals surface area contributed by atoms with E-state index in [1.54, 1.807) is 0 Å². The second-order valence-corrected chi connectivity index (χ2v) is 18.8. The van der Waals surface area contributed by atoms with Crippen LogP contribution in [-0.2, 0) is 33.3 Å². The Bertz CT molecular complexity index is 1490. The molecule has 0 amide bonds. The van der Waals surface area contributed by atoms with Crippen molar-refractivity contribution >= 4 is 17.9 Å². The topological polar surface area (TPSA) is 111 Å². The summed E-state index contributed by atoms with van der Waals surface area (Å²) in [5.74, 6) is -2.34. The van der Waals surface area contributed by atoms with Crippen LogP contribution in [0.15, 0.2) is 109 Å². The Labute approximate surface area is 422 Å². The minimum absolute atomic E-state index is 0.136. The molecule has 0 spiro atoms. The van der Waals surface area contributed by atoms with Gasteiger partial charge in [-0.1, -0.05) is 207 Å². The van der Waals surface area contributed by atoms with Crippen molar-refractivity contribution in [2.24, 2.45) is 0 Å². The second kappa shape index (κ2) is 50.3. The highest BCUT2D eigenvalue weighted by Crippen LogP contribution is 2.14. The van der Waals surface area contributed by atoms with Crippen molar-refractivity contribution < 1.29 is 42.9 Å². The second-order valence-electron chi connectivity index (χ2n) is 18.8. The molecular formula is C60H99NO8. The van der Waals surface area contributed by atoms with Crippen LogP contribution in [-0.4, -0.2) is 82.3 Å². The average molecular weight is 962 g/mol. The van der Waals surface area contributed by atoms with Crippen LogP contribution in [0, 0.1) is 0 Å². The average Bonchev–Trinajstić information content (AvgIpc) is 3.31. The number of carboxylic acids is 1. The van der Waals surface area contributed by atoms with E-state index in [9.17, 15) is 19.5 Å². The zero-order chi connectivity index (χ0) is 50.6. The summed E-state index contributed by atoms with van der Waals surface area (Å²) in [6.07, 6.45) is 65.6. The van der Waals surface area contributed by atoms with Gasteiger partial charge in [0.2, 0.25) is 0 Å². The molecule has 0 rings (SSSR count). The predicted octanol–water partition coefficient (Wildman–Crippen LogP) is 14.2. The van der Waals surface area contributed by atoms with E-state index in [1.165, 1.54) is 64.2 Å². The number of allylic oxidation sites excluding steroid dienone is 18. The van der Waals surface area contributed by atoms with E-state index < -0.39 is 24.3 Å². The van der Waals surface area contributed by atoms with Crippen molar-refractivity contribution in [1.82, 2.24) is 0 Å². The maximum absolute atomic E-state index is 12.8. The monoisotopic (exact) mass is 962 g/mol. The molecule has 0 N–H and O–H groups in total. The summed E-state index contributed by atoms with van der Waals surface area (Å²) in [6.45, 7) is 4.57. The summed E-state index contributed by atoms with van der Waals surface area (Å²) >= 11 is 0. The molecular weight excluding hydrogens is 863 g/mol. The fourth-order valence-corrected chi connectivity index (χ4v) is 6.88. The zero-order valence-corrected chi connectivity index (χ0v) is 44.4. The normalized spacial score (nSPS) is 13.7. The number of ether oxygens (including phenoxy) is 4. The first-order valence-corrected chi connectivity index (χ1v) is 27.0. The standard InChI is InChI=1S/C60H99NO8/c1-6-8-10-12-14-16-18-20-21-22-23-24-25-26-27-28-29-30-31-32-33-34-35-36-37-39-41-43-45-47-49-51-58(63)69-56(55-68-60(59(64)65)66-53-52-61(3,4)5)54-67-57(62)50-48-46-44-42-40-38-19-17-15-13-11-9-7-2/h8,10,14,16,20-21,23-24,26-27,29-30,32-33,35-36,39,41,56,60H,6-7,9,11-13,15,17-19,22,25,28,31,34,37-38,40,42-55H2,1-5H3/b10-8-,16-14-,21-20-,24-23-,27-26-,30-29-,33-32-,36-35-,41-39-. The molecule has 0 saturated heterocycles. The van der Waals surface area contributed by atoms with Gasteiger partial charge in [0.05, 0.1) is 40.3 Å². The molecule has 392 valence electrons. The smallest absolute Gasteiger partial charge is 0.306 e. The minimum atomic E-state index is -1.63. The fraction of sp³-hybridized carbons (Fsp3) is 0.650. The predicted molar refractivity (Wildman–Crippen MR) is 287 cm³/mol. The number of nitrogens with zero attached hydrogens (tertiary/aromatic N) is 1. The molecule has 0 radical (unpaired) electrons. The number of likely N-dealkylation sites (N-methyl/N-ethyl adjacent to an activating group) is 1. The minimum Gasteiger partial charge on any atom is -0.545 e. The van der Waals surface area contributed by atoms with E-state index in [2.05, 4.69) is 123 Å². The Morgan fingerprint density at radius 2 is 0.826 bits per heavy atom. The molecule has 0 aromatic heterocycles. The van der Waals surface area contributed by atoms with Crippen molar-refractivity contribution in [2.75, 3.05) is 47.5 Å². The van der Waals surface area contributed by atoms with Crippen LogP contribution in [0.2, 0.25) is 0 Å². The van der Waals surface area contributed by atoms with Gasteiger partial charge in [-0.25, -0.2) is 0 Å². The molecule has 0 aromatic carbocycles. The van der Waals surface area contributed by atoms with Crippen LogP contribution in [0.3, 0.4) is 0 Å². The van der Waals surface area contributed by atoms with Crippen molar-refractivity contribution in [2.45, 2.75) is 206 Å². The third-order valence-electron chi connectivity index (χ3n) is 11.0. The SMILES string of the molecule is CC/C=C\C/C=C\C/C=C\C/C=C\C/C=C\C/C=C\C/C=C\C/C=C\C/C=C\CCCCCC(=O)OC(COC(=O)CCCCCCCCCCCCCCC)COC(OCC[N+](C)(C)C)C(=O)[O-]. The molecule has 9 nitrogen and oxygen atoms in total. The zero-order valence-electron chi connectivity index (χ0n) is 44.4. The van der Waals surface area contributed by atoms with E-state index in [1.807, 2.05) is 21.1 Å². The van der Waals surface area contributed by atoms with Gasteiger partial charge in [0.1, 0.15) is 13.2 Å². The molecule has 0 saturated carbocycles. The first-order chi connectivity index (χ1) is 33.6. The van der Waals surface area contributed by atoms with Crippen LogP contribution < -0.4 is 5.11 Å². The maximum atomic E-state index is 12.8. The Kier molecular flexibility index (Phi) is 47.4. The Hall–Kier alpha value is -4.05. The molecule has 2 atom stereocenters. The molecule has 0 heterocycles. The Morgan fingerprint density at radius 1 is 0.449 bits per heavy atom. The third-order valence-corrected chi connectivity index (χ3v) is 11.0. The number of rotatable bonds is 48. The molecule has 9 heteroatoms. The first kappa shape index (κ1) is 65.0. The third kappa shape index (κ3) is 51.6. The summed E-state index contributed by atoms with van der Waals surface area (Å²) in [7, 11) is 5.89. The van der Waals surface area contributed by atoms with E-state index in [0.29, 0.717) is 17.4 Å². The van der Waals surface area contributed by atoms with Crippen LogP contribution in [0.4, 0.5) is 0 Å². The summed E-state index contributed by atoms with van der Waals surface area (Å²) in [6, 6.07) is 0. The van der Waals surface area contributed by atoms with Gasteiger partial charge in [-0.3, -0.25) is 9.59 Å². The molecule has 0 aliphatic carbocycles. The fourth-order valence-electron chi connectivity index (χ4n) is 6.88. The number of carboxylic acid groups (broad SMARTS) is 1. The highest BCUT2D eigenvalue weighted by molar-refractivity contribution is 5.70. The van der Waals surface area contributed by atoms with Gasteiger partial charge < -0.3 is 33.3 Å². The Balaban J connectivity index is 4.36. The lowest BCUT2D eigenvalue weighted by atomic mass is 10.0. The van der Waals surface area contributed by atoms with Crippen molar-refractivity contribution in [3.8, 4) is 0 Å². The van der Waals surface area contributed by atoms with E-state index in [0.717, 1.165) is 96.3 Å². The van der Waals surface area contributed by atoms with Crippen LogP contribution in [0.25, 0.3) is 0 Å². The highest BCUT2D eigenvalue weighted by atomic mass is 16.7. The summed E-state index contributed by atoms with van der Waals surface area (Å²) < 4.78 is 22.6. The number of hydrogen-bond acceptors (Lipinski definition) is 8. The van der Waals surface area contributed by atoms with Gasteiger partial charge in [-0.05, 0) is 83.5 Å². The molecule has 2 unspecified atom stereocenters. The molecule has 69 heavy (non-hydrogen) atoms. The van der Waals surface area contributed by atoms with Gasteiger partial charge in [0.25, 0.3) is 0 Å². The quantitative estimate of drug-likeness (QED) is 0.0195. The van der Waals surface area contributed by atoms with Gasteiger partial charge in [-0.2, -0.15) is 0 Å². The first-order valence-electron chi connectivity index (χ1n) is 27.0. The highest BCUT2D eigenvalue weighted by Gasteiger charge is 2.21. The van der Waals surface area contributed by atoms with Gasteiger partial charge >= 0.3 is 11.9 Å². The van der Waals surface area contributed by atoms with Crippen molar-refractivity contribution in [3.63, 3.8) is 0 Å². The number of carbonyl (C=O) groups excluding carboxylic acids is 3. The van der Waals surface area contributed by atoms with Gasteiger partial charge in [0, 0.05) is 12.8 Å².